The van der Waals surface area contributed by atoms with Crippen molar-refractivity contribution in [2.24, 2.45) is 0 Å². The second-order valence-electron chi connectivity index (χ2n) is 9.86. The summed E-state index contributed by atoms with van der Waals surface area (Å²) >= 11 is 0. The molecule has 0 radical (unpaired) electrons. The molecule has 0 bridgehead atoms. The van der Waals surface area contributed by atoms with E-state index in [0.717, 1.165) is 25.2 Å². The van der Waals surface area contributed by atoms with E-state index in [9.17, 15) is 5.11 Å². The van der Waals surface area contributed by atoms with Gasteiger partial charge in [-0.3, -0.25) is 0 Å². The fraction of sp³-hybridized carbons (Fsp3) is 0.533. The zero-order valence-corrected chi connectivity index (χ0v) is 21.0. The highest BCUT2D eigenvalue weighted by Crippen LogP contribution is 2.32. The Balaban J connectivity index is 1.89. The van der Waals surface area contributed by atoms with Gasteiger partial charge in [0.1, 0.15) is 0 Å². The van der Waals surface area contributed by atoms with Crippen molar-refractivity contribution in [2.45, 2.75) is 85.2 Å². The van der Waals surface area contributed by atoms with Crippen LogP contribution in [0.25, 0.3) is 21.5 Å². The summed E-state index contributed by atoms with van der Waals surface area (Å²) in [6.07, 6.45) is 6.98. The predicted molar refractivity (Wildman–Crippen MR) is 141 cm³/mol. The van der Waals surface area contributed by atoms with Gasteiger partial charge in [0, 0.05) is 6.54 Å². The number of rotatable bonds is 12. The van der Waals surface area contributed by atoms with E-state index in [2.05, 4.69) is 82.0 Å². The molecule has 3 rings (SSSR count). The molecule has 32 heavy (non-hydrogen) atoms. The molecule has 0 saturated heterocycles. The normalized spacial score (nSPS) is 13.0. The summed E-state index contributed by atoms with van der Waals surface area (Å²) in [5, 5.41) is 16.4. The Bertz CT molecular complexity index is 997. The van der Waals surface area contributed by atoms with Crippen LogP contribution in [0.5, 0.6) is 0 Å². The minimum Gasteiger partial charge on any atom is -0.387 e. The van der Waals surface area contributed by atoms with Crippen molar-refractivity contribution in [3.05, 3.63) is 59.2 Å². The van der Waals surface area contributed by atoms with Crippen molar-refractivity contribution in [3.8, 4) is 0 Å². The van der Waals surface area contributed by atoms with Gasteiger partial charge < -0.3 is 10.0 Å². The number of benzene rings is 3. The van der Waals surface area contributed by atoms with Gasteiger partial charge in [-0.2, -0.15) is 0 Å². The Morgan fingerprint density at radius 2 is 1.41 bits per heavy atom. The Morgan fingerprint density at radius 3 is 2.03 bits per heavy atom. The van der Waals surface area contributed by atoms with E-state index in [0.29, 0.717) is 5.92 Å². The molecule has 0 spiro atoms. The van der Waals surface area contributed by atoms with Crippen LogP contribution in [-0.2, 0) is 0 Å². The maximum atomic E-state index is 11.2. The largest absolute Gasteiger partial charge is 0.387 e. The van der Waals surface area contributed by atoms with Crippen molar-refractivity contribution in [3.63, 3.8) is 0 Å². The molecule has 0 heterocycles. The van der Waals surface area contributed by atoms with E-state index < -0.39 is 6.10 Å². The second kappa shape index (κ2) is 11.8. The van der Waals surface area contributed by atoms with Gasteiger partial charge in [-0.05, 0) is 83.1 Å². The number of hydrogen-bond donors (Lipinski definition) is 1. The van der Waals surface area contributed by atoms with Crippen molar-refractivity contribution in [1.29, 1.82) is 0 Å². The maximum absolute atomic E-state index is 11.2. The standard InChI is InChI=1S/C30H43NO/c1-6-8-10-16-31(17-11-9-7-2)21-30(32)26-18-23(5)27-14-13-25-19-24(22(3)4)12-15-28(25)29(27)20-26/h12-15,18-20,22,30,32H,6-11,16-17,21H2,1-5H3/t30-/m1/s1. The summed E-state index contributed by atoms with van der Waals surface area (Å²) in [7, 11) is 0. The van der Waals surface area contributed by atoms with Gasteiger partial charge in [0.25, 0.3) is 0 Å². The van der Waals surface area contributed by atoms with Gasteiger partial charge in [0.15, 0.2) is 0 Å². The first-order valence-electron chi connectivity index (χ1n) is 12.8. The number of aliphatic hydroxyl groups excluding tert-OH is 1. The van der Waals surface area contributed by atoms with E-state index in [-0.39, 0.29) is 0 Å². The van der Waals surface area contributed by atoms with Crippen LogP contribution in [0.4, 0.5) is 0 Å². The zero-order valence-electron chi connectivity index (χ0n) is 21.0. The molecule has 0 aliphatic rings. The van der Waals surface area contributed by atoms with Gasteiger partial charge >= 0.3 is 0 Å². The molecule has 0 unspecified atom stereocenters. The van der Waals surface area contributed by atoms with Crippen molar-refractivity contribution < 1.29 is 5.11 Å². The lowest BCUT2D eigenvalue weighted by Crippen LogP contribution is -2.31. The van der Waals surface area contributed by atoms with Crippen molar-refractivity contribution in [2.75, 3.05) is 19.6 Å². The molecule has 2 heteroatoms. The first-order valence-corrected chi connectivity index (χ1v) is 12.8. The number of nitrogens with zero attached hydrogens (tertiary/aromatic N) is 1. The van der Waals surface area contributed by atoms with Gasteiger partial charge in [0.05, 0.1) is 6.10 Å². The molecule has 3 aromatic rings. The molecule has 1 atom stereocenters. The third-order valence-electron chi connectivity index (χ3n) is 6.84. The molecule has 2 nitrogen and oxygen atoms in total. The van der Waals surface area contributed by atoms with Gasteiger partial charge in [-0.25, -0.2) is 0 Å². The summed E-state index contributed by atoms with van der Waals surface area (Å²) in [6.45, 7) is 14.1. The Labute approximate surface area is 195 Å². The highest BCUT2D eigenvalue weighted by Gasteiger charge is 2.16. The molecule has 0 fully saturated rings. The average molecular weight is 434 g/mol. The lowest BCUT2D eigenvalue weighted by molar-refractivity contribution is 0.110. The van der Waals surface area contributed by atoms with E-state index in [4.69, 9.17) is 0 Å². The number of aliphatic hydroxyl groups is 1. The Hall–Kier alpha value is -1.90. The van der Waals surface area contributed by atoms with Gasteiger partial charge in [0.2, 0.25) is 0 Å². The topological polar surface area (TPSA) is 23.5 Å². The van der Waals surface area contributed by atoms with Crippen LogP contribution >= 0.6 is 0 Å². The number of unbranched alkanes of at least 4 members (excludes halogenated alkanes) is 4. The molecule has 0 aliphatic heterocycles. The SMILES string of the molecule is CCCCCN(CCCCC)C[C@@H](O)c1cc(C)c2ccc3cc(C(C)C)ccc3c2c1. The van der Waals surface area contributed by atoms with Gasteiger partial charge in [-0.15, -0.1) is 0 Å². The summed E-state index contributed by atoms with van der Waals surface area (Å²) in [5.41, 5.74) is 3.67. The fourth-order valence-electron chi connectivity index (χ4n) is 4.77. The van der Waals surface area contributed by atoms with E-state index in [1.165, 1.54) is 71.2 Å². The van der Waals surface area contributed by atoms with Crippen LogP contribution in [0.1, 0.15) is 94.9 Å². The molecule has 0 aromatic heterocycles. The zero-order chi connectivity index (χ0) is 23.1. The smallest absolute Gasteiger partial charge is 0.0917 e. The number of fused-ring (bicyclic) bond motifs is 3. The van der Waals surface area contributed by atoms with Crippen LogP contribution < -0.4 is 0 Å². The van der Waals surface area contributed by atoms with Crippen molar-refractivity contribution in [1.82, 2.24) is 4.90 Å². The molecular weight excluding hydrogens is 390 g/mol. The monoisotopic (exact) mass is 433 g/mol. The van der Waals surface area contributed by atoms with Crippen LogP contribution in [0.15, 0.2) is 42.5 Å². The molecule has 174 valence electrons. The second-order valence-corrected chi connectivity index (χ2v) is 9.86. The third-order valence-corrected chi connectivity index (χ3v) is 6.84. The summed E-state index contributed by atoms with van der Waals surface area (Å²) in [4.78, 5) is 2.48. The first kappa shape index (κ1) is 24.7. The maximum Gasteiger partial charge on any atom is 0.0917 e. The lowest BCUT2D eigenvalue weighted by Gasteiger charge is -2.26. The van der Waals surface area contributed by atoms with Crippen LogP contribution in [0.2, 0.25) is 0 Å². The van der Waals surface area contributed by atoms with E-state index in [1.54, 1.807) is 0 Å². The molecular formula is C30H43NO. The van der Waals surface area contributed by atoms with Crippen LogP contribution in [0.3, 0.4) is 0 Å². The van der Waals surface area contributed by atoms with E-state index >= 15 is 0 Å². The molecule has 0 saturated carbocycles. The van der Waals surface area contributed by atoms with Crippen LogP contribution in [-0.4, -0.2) is 29.6 Å². The summed E-state index contributed by atoms with van der Waals surface area (Å²) < 4.78 is 0. The Morgan fingerprint density at radius 1 is 0.750 bits per heavy atom. The number of hydrogen-bond acceptors (Lipinski definition) is 2. The van der Waals surface area contributed by atoms with Crippen LogP contribution in [0, 0.1) is 6.92 Å². The molecule has 3 aromatic carbocycles. The highest BCUT2D eigenvalue weighted by atomic mass is 16.3. The van der Waals surface area contributed by atoms with Gasteiger partial charge in [-0.1, -0.05) is 89.8 Å². The third kappa shape index (κ3) is 6.11. The minimum atomic E-state index is -0.452. The molecule has 0 aliphatic carbocycles. The quantitative estimate of drug-likeness (QED) is 0.230. The Kier molecular flexibility index (Phi) is 9.13. The average Bonchev–Trinajstić information content (AvgIpc) is 2.78. The molecule has 1 N–H and O–H groups in total. The number of aryl methyl sites for hydroxylation is 1. The van der Waals surface area contributed by atoms with Crippen molar-refractivity contribution >= 4 is 21.5 Å². The first-order chi connectivity index (χ1) is 15.4. The minimum absolute atomic E-state index is 0.452. The molecule has 0 amide bonds. The van der Waals surface area contributed by atoms with E-state index in [1.807, 2.05) is 0 Å². The summed E-state index contributed by atoms with van der Waals surface area (Å²) in [5.74, 6) is 0.524. The lowest BCUT2D eigenvalue weighted by atomic mass is 9.92. The summed E-state index contributed by atoms with van der Waals surface area (Å²) in [6, 6.07) is 15.8. The highest BCUT2D eigenvalue weighted by molar-refractivity contribution is 6.08. The predicted octanol–water partition coefficient (Wildman–Crippen LogP) is 8.14. The fourth-order valence-corrected chi connectivity index (χ4v) is 4.77.